The van der Waals surface area contributed by atoms with Gasteiger partial charge in [-0.1, -0.05) is 42.5 Å². The first-order chi connectivity index (χ1) is 12.5. The van der Waals surface area contributed by atoms with Gasteiger partial charge in [-0.2, -0.15) is 0 Å². The molecule has 1 aromatic heterocycles. The van der Waals surface area contributed by atoms with Crippen LogP contribution in [0.1, 0.15) is 21.5 Å². The van der Waals surface area contributed by atoms with Gasteiger partial charge in [0.2, 0.25) is 0 Å². The van der Waals surface area contributed by atoms with Crippen LogP contribution >= 0.6 is 0 Å². The number of amides is 1. The lowest BCUT2D eigenvalue weighted by molar-refractivity contribution is 0.0785. The second kappa shape index (κ2) is 7.65. The maximum atomic E-state index is 12.5. The van der Waals surface area contributed by atoms with E-state index in [0.717, 1.165) is 15.7 Å². The summed E-state index contributed by atoms with van der Waals surface area (Å²) in [7, 11) is 1.76. The van der Waals surface area contributed by atoms with Crippen LogP contribution in [0.3, 0.4) is 0 Å². The topological polar surface area (TPSA) is 75.2 Å². The third-order valence-corrected chi connectivity index (χ3v) is 4.09. The minimum atomic E-state index is -0.458. The van der Waals surface area contributed by atoms with Gasteiger partial charge in [0.15, 0.2) is 0 Å². The van der Waals surface area contributed by atoms with E-state index in [-0.39, 0.29) is 18.0 Å². The van der Waals surface area contributed by atoms with E-state index in [1.54, 1.807) is 36.2 Å². The third kappa shape index (κ3) is 3.97. The molecule has 0 fully saturated rings. The smallest absolute Gasteiger partial charge is 0.328 e. The molecule has 0 saturated heterocycles. The summed E-state index contributed by atoms with van der Waals surface area (Å²) in [5, 5.41) is 0. The van der Waals surface area contributed by atoms with E-state index in [4.69, 9.17) is 0 Å². The van der Waals surface area contributed by atoms with Crippen molar-refractivity contribution in [1.82, 2.24) is 14.5 Å². The highest BCUT2D eigenvalue weighted by Crippen LogP contribution is 2.10. The predicted octanol–water partition coefficient (Wildman–Crippen LogP) is 1.86. The van der Waals surface area contributed by atoms with Crippen molar-refractivity contribution in [1.29, 1.82) is 0 Å². The highest BCUT2D eigenvalue weighted by Gasteiger charge is 2.12. The van der Waals surface area contributed by atoms with E-state index in [9.17, 15) is 14.4 Å². The number of hydrogen-bond donors (Lipinski definition) is 1. The molecule has 6 nitrogen and oxygen atoms in total. The monoisotopic (exact) mass is 349 g/mol. The molecule has 0 aliphatic heterocycles. The first-order valence-electron chi connectivity index (χ1n) is 8.21. The number of aromatic nitrogens is 2. The van der Waals surface area contributed by atoms with Crippen molar-refractivity contribution in [3.05, 3.63) is 104 Å². The zero-order valence-electron chi connectivity index (χ0n) is 14.4. The first-order valence-corrected chi connectivity index (χ1v) is 8.21. The van der Waals surface area contributed by atoms with Gasteiger partial charge in [-0.15, -0.1) is 0 Å². The zero-order valence-corrected chi connectivity index (χ0v) is 14.4. The Morgan fingerprint density at radius 3 is 2.31 bits per heavy atom. The van der Waals surface area contributed by atoms with Gasteiger partial charge in [0.1, 0.15) is 0 Å². The summed E-state index contributed by atoms with van der Waals surface area (Å²) >= 11 is 0. The molecule has 0 radical (unpaired) electrons. The molecule has 3 aromatic rings. The summed E-state index contributed by atoms with van der Waals surface area (Å²) in [5.41, 5.74) is 1.56. The molecule has 1 amide bonds. The molecule has 0 atom stereocenters. The number of carbonyl (C=O) groups excluding carboxylic acids is 1. The maximum Gasteiger partial charge on any atom is 0.328 e. The standard InChI is InChI=1S/C20H19N3O3/c1-22(13-15-5-3-2-4-6-15)19(25)17-9-7-16(8-10-17)14-23-18(24)11-12-21-20(23)26/h2-12H,13-14H2,1H3,(H,21,26). The van der Waals surface area contributed by atoms with Crippen LogP contribution in [0.5, 0.6) is 0 Å². The molecule has 0 saturated carbocycles. The maximum absolute atomic E-state index is 12.5. The van der Waals surface area contributed by atoms with Crippen molar-refractivity contribution in [3.8, 4) is 0 Å². The number of nitrogens with one attached hydrogen (secondary N) is 1. The van der Waals surface area contributed by atoms with Crippen LogP contribution in [0.4, 0.5) is 0 Å². The molecule has 0 bridgehead atoms. The van der Waals surface area contributed by atoms with Crippen LogP contribution in [-0.2, 0) is 13.1 Å². The number of H-pyrrole nitrogens is 1. The van der Waals surface area contributed by atoms with Gasteiger partial charge < -0.3 is 9.88 Å². The Kier molecular flexibility index (Phi) is 5.12. The van der Waals surface area contributed by atoms with Crippen molar-refractivity contribution in [2.75, 3.05) is 7.05 Å². The van der Waals surface area contributed by atoms with Crippen LogP contribution in [0.15, 0.2) is 76.4 Å². The Labute approximate surface area is 150 Å². The van der Waals surface area contributed by atoms with Gasteiger partial charge in [0.05, 0.1) is 6.54 Å². The molecule has 1 heterocycles. The fourth-order valence-corrected chi connectivity index (χ4v) is 2.69. The lowest BCUT2D eigenvalue weighted by Crippen LogP contribution is -2.34. The minimum Gasteiger partial charge on any atom is -0.337 e. The van der Waals surface area contributed by atoms with Gasteiger partial charge >= 0.3 is 5.69 Å². The summed E-state index contributed by atoms with van der Waals surface area (Å²) in [6, 6.07) is 18.0. The third-order valence-electron chi connectivity index (χ3n) is 4.09. The van der Waals surface area contributed by atoms with Gasteiger partial charge in [-0.3, -0.25) is 14.2 Å². The Hall–Kier alpha value is -3.41. The lowest BCUT2D eigenvalue weighted by atomic mass is 10.1. The number of benzene rings is 2. The van der Waals surface area contributed by atoms with Gasteiger partial charge in [0.25, 0.3) is 11.5 Å². The summed E-state index contributed by atoms with van der Waals surface area (Å²) in [4.78, 5) is 40.2. The van der Waals surface area contributed by atoms with Crippen molar-refractivity contribution < 1.29 is 4.79 Å². The van der Waals surface area contributed by atoms with Crippen molar-refractivity contribution >= 4 is 5.91 Å². The van der Waals surface area contributed by atoms with E-state index < -0.39 is 5.69 Å². The van der Waals surface area contributed by atoms with Crippen molar-refractivity contribution in [2.24, 2.45) is 0 Å². The Balaban J connectivity index is 1.72. The zero-order chi connectivity index (χ0) is 18.5. The number of aromatic amines is 1. The van der Waals surface area contributed by atoms with Crippen LogP contribution in [0, 0.1) is 0 Å². The molecule has 26 heavy (non-hydrogen) atoms. The number of rotatable bonds is 5. The fourth-order valence-electron chi connectivity index (χ4n) is 2.69. The molecule has 0 spiro atoms. The molecular formula is C20H19N3O3. The molecule has 3 rings (SSSR count). The fraction of sp³-hybridized carbons (Fsp3) is 0.150. The number of carbonyl (C=O) groups is 1. The van der Waals surface area contributed by atoms with Crippen LogP contribution in [0.2, 0.25) is 0 Å². The van der Waals surface area contributed by atoms with Gasteiger partial charge in [-0.25, -0.2) is 4.79 Å². The van der Waals surface area contributed by atoms with E-state index in [1.165, 1.54) is 12.3 Å². The predicted molar refractivity (Wildman–Crippen MR) is 99.1 cm³/mol. The van der Waals surface area contributed by atoms with Gasteiger partial charge in [0, 0.05) is 31.4 Å². The van der Waals surface area contributed by atoms with Crippen LogP contribution < -0.4 is 11.2 Å². The average Bonchev–Trinajstić information content (AvgIpc) is 2.65. The lowest BCUT2D eigenvalue weighted by Gasteiger charge is -2.17. The minimum absolute atomic E-state index is 0.0878. The van der Waals surface area contributed by atoms with Crippen LogP contribution in [0.25, 0.3) is 0 Å². The Morgan fingerprint density at radius 1 is 0.962 bits per heavy atom. The number of hydrogen-bond acceptors (Lipinski definition) is 3. The molecule has 132 valence electrons. The van der Waals surface area contributed by atoms with Crippen molar-refractivity contribution in [2.45, 2.75) is 13.1 Å². The quantitative estimate of drug-likeness (QED) is 0.764. The second-order valence-electron chi connectivity index (χ2n) is 6.05. The normalized spacial score (nSPS) is 10.5. The summed E-state index contributed by atoms with van der Waals surface area (Å²) in [5.74, 6) is -0.0878. The number of nitrogens with zero attached hydrogens (tertiary/aromatic N) is 2. The molecule has 0 aliphatic carbocycles. The van der Waals surface area contributed by atoms with E-state index in [2.05, 4.69) is 4.98 Å². The summed E-state index contributed by atoms with van der Waals surface area (Å²) in [6.45, 7) is 0.680. The summed E-state index contributed by atoms with van der Waals surface area (Å²) < 4.78 is 1.11. The average molecular weight is 349 g/mol. The largest absolute Gasteiger partial charge is 0.337 e. The van der Waals surface area contributed by atoms with Gasteiger partial charge in [-0.05, 0) is 23.3 Å². The highest BCUT2D eigenvalue weighted by molar-refractivity contribution is 5.94. The summed E-state index contributed by atoms with van der Waals surface area (Å²) in [6.07, 6.45) is 1.32. The molecule has 0 aliphatic rings. The molecule has 6 heteroatoms. The van der Waals surface area contributed by atoms with E-state index >= 15 is 0 Å². The molecule has 2 aromatic carbocycles. The molecule has 0 unspecified atom stereocenters. The Morgan fingerprint density at radius 2 is 1.65 bits per heavy atom. The van der Waals surface area contributed by atoms with E-state index in [0.29, 0.717) is 12.1 Å². The van der Waals surface area contributed by atoms with Crippen molar-refractivity contribution in [3.63, 3.8) is 0 Å². The Bertz CT molecular complexity index is 976. The first kappa shape index (κ1) is 17.4. The van der Waals surface area contributed by atoms with E-state index in [1.807, 2.05) is 30.3 Å². The van der Waals surface area contributed by atoms with Crippen LogP contribution in [-0.4, -0.2) is 27.4 Å². The SMILES string of the molecule is CN(Cc1ccccc1)C(=O)c1ccc(Cn2c(=O)cc[nH]c2=O)cc1. The highest BCUT2D eigenvalue weighted by atomic mass is 16.2. The second-order valence-corrected chi connectivity index (χ2v) is 6.05. The molecular weight excluding hydrogens is 330 g/mol. The molecule has 1 N–H and O–H groups in total.